The Labute approximate surface area is 358 Å². The van der Waals surface area contributed by atoms with Crippen LogP contribution in [0.15, 0.2) is 102 Å². The molecule has 3 aromatic rings. The van der Waals surface area contributed by atoms with Gasteiger partial charge < -0.3 is 44.3 Å². The number of benzene rings is 3. The summed E-state index contributed by atoms with van der Waals surface area (Å²) >= 11 is 0. The molecule has 1 aliphatic heterocycles. The van der Waals surface area contributed by atoms with E-state index in [1.54, 1.807) is 92.7 Å². The molecule has 2 saturated carbocycles. The van der Waals surface area contributed by atoms with Crippen molar-refractivity contribution in [2.75, 3.05) is 6.61 Å². The molecule has 2 bridgehead atoms. The largest absolute Gasteiger partial charge is 0.456 e. The van der Waals surface area contributed by atoms with E-state index in [0.29, 0.717) is 5.56 Å². The van der Waals surface area contributed by atoms with Crippen molar-refractivity contribution in [1.82, 2.24) is 5.32 Å². The van der Waals surface area contributed by atoms with Crippen LogP contribution in [0.5, 0.6) is 0 Å². The second-order valence-corrected chi connectivity index (χ2v) is 17.4. The van der Waals surface area contributed by atoms with Crippen molar-refractivity contribution in [3.63, 3.8) is 0 Å². The number of nitrogens with one attached hydrogen (secondary N) is 1. The zero-order valence-corrected chi connectivity index (χ0v) is 35.2. The highest BCUT2D eigenvalue weighted by Gasteiger charge is 2.78. The molecule has 15 heteroatoms. The Morgan fingerprint density at radius 2 is 1.40 bits per heavy atom. The third-order valence-corrected chi connectivity index (χ3v) is 13.5. The van der Waals surface area contributed by atoms with Gasteiger partial charge >= 0.3 is 23.9 Å². The average molecular weight is 854 g/mol. The van der Waals surface area contributed by atoms with Crippen molar-refractivity contribution in [1.29, 1.82) is 0 Å². The van der Waals surface area contributed by atoms with E-state index in [2.05, 4.69) is 5.32 Å². The molecule has 3 aromatic carbocycles. The summed E-state index contributed by atoms with van der Waals surface area (Å²) in [6.07, 6.45) is -10.5. The second-order valence-electron chi connectivity index (χ2n) is 17.4. The SMILES string of the molecule is CC(=O)O[C@H]1C(=O)[C@@]2(C)[C@H]([C@H](OC(=O)c3ccccc3)[C@]3(O)CC(OC(=O)[C@H](O)[C@@H](NC(=O)c4ccccc4)c4ccccc4)C(C)=C1C3(C)C)[C@]1(OC(C)=O)CO[C@@H]1C[C@@H]2O. The molecule has 3 aliphatic carbocycles. The van der Waals surface area contributed by atoms with Crippen molar-refractivity contribution < 1.29 is 67.8 Å². The Hall–Kier alpha value is -5.74. The molecule has 62 heavy (non-hydrogen) atoms. The Morgan fingerprint density at radius 1 is 0.823 bits per heavy atom. The molecule has 4 N–H and O–H groups in total. The Kier molecular flexibility index (Phi) is 11.8. The number of esters is 4. The molecule has 4 aliphatic rings. The van der Waals surface area contributed by atoms with Gasteiger partial charge in [-0.05, 0) is 54.8 Å². The van der Waals surface area contributed by atoms with Gasteiger partial charge in [0.2, 0.25) is 0 Å². The lowest BCUT2D eigenvalue weighted by Gasteiger charge is -2.67. The summed E-state index contributed by atoms with van der Waals surface area (Å²) in [6, 6.07) is 22.9. The number of hydrogen-bond donors (Lipinski definition) is 4. The summed E-state index contributed by atoms with van der Waals surface area (Å²) < 4.78 is 30.3. The number of Topliss-reactive ketones (excluding diaryl/α,β-unsaturated/α-hetero) is 1. The molecule has 15 nitrogen and oxygen atoms in total. The van der Waals surface area contributed by atoms with E-state index >= 15 is 4.79 Å². The minimum absolute atomic E-state index is 0.00289. The zero-order valence-electron chi connectivity index (χ0n) is 35.2. The lowest BCUT2D eigenvalue weighted by Crippen LogP contribution is -2.82. The van der Waals surface area contributed by atoms with Crippen LogP contribution in [0.2, 0.25) is 0 Å². The number of ketones is 1. The van der Waals surface area contributed by atoms with Crippen molar-refractivity contribution in [3.8, 4) is 0 Å². The number of ether oxygens (including phenoxy) is 5. The van der Waals surface area contributed by atoms with Gasteiger partial charge in [0, 0.05) is 37.7 Å². The van der Waals surface area contributed by atoms with Gasteiger partial charge in [-0.3, -0.25) is 19.2 Å². The number of fused-ring (bicyclic) bond motifs is 5. The Morgan fingerprint density at radius 3 is 1.95 bits per heavy atom. The lowest BCUT2D eigenvalue weighted by atomic mass is 9.44. The van der Waals surface area contributed by atoms with Gasteiger partial charge in [-0.25, -0.2) is 9.59 Å². The third kappa shape index (κ3) is 7.29. The average Bonchev–Trinajstić information content (AvgIpc) is 3.24. The number of carbonyl (C=O) groups is 6. The van der Waals surface area contributed by atoms with Crippen molar-refractivity contribution >= 4 is 35.6 Å². The predicted octanol–water partition coefficient (Wildman–Crippen LogP) is 3.74. The number of carbonyl (C=O) groups excluding carboxylic acids is 6. The molecule has 1 unspecified atom stereocenters. The molecule has 0 spiro atoms. The lowest BCUT2D eigenvalue weighted by molar-refractivity contribution is -0.346. The topological polar surface area (TPSA) is 221 Å². The monoisotopic (exact) mass is 853 g/mol. The minimum atomic E-state index is -2.39. The van der Waals surface area contributed by atoms with Gasteiger partial charge in [0.1, 0.15) is 23.9 Å². The summed E-state index contributed by atoms with van der Waals surface area (Å²) in [6.45, 7) is 7.97. The molecule has 0 radical (unpaired) electrons. The highest BCUT2D eigenvalue weighted by Crippen LogP contribution is 2.64. The van der Waals surface area contributed by atoms with Gasteiger partial charge in [-0.15, -0.1) is 0 Å². The van der Waals surface area contributed by atoms with E-state index in [4.69, 9.17) is 23.7 Å². The van der Waals surface area contributed by atoms with Crippen LogP contribution in [0.3, 0.4) is 0 Å². The van der Waals surface area contributed by atoms with Crippen molar-refractivity contribution in [3.05, 3.63) is 119 Å². The molecule has 11 atom stereocenters. The summed E-state index contributed by atoms with van der Waals surface area (Å²) in [5.74, 6) is -6.84. The van der Waals surface area contributed by atoms with E-state index < -0.39 is 113 Å². The first-order valence-electron chi connectivity index (χ1n) is 20.5. The molecular weight excluding hydrogens is 803 g/mol. The third-order valence-electron chi connectivity index (χ3n) is 13.5. The van der Waals surface area contributed by atoms with E-state index in [1.165, 1.54) is 26.0 Å². The number of rotatable bonds is 10. The number of aliphatic hydroxyl groups is 3. The maximum absolute atomic E-state index is 15.5. The standard InChI is InChI=1S/C47H51NO14/c1-25-31(60-43(56)36(52)35(28-16-10-7-11-17-28)48-41(54)29-18-12-8-13-19-29)23-47(57)40(61-42(55)30-20-14-9-15-21-30)38-45(6,32(51)22-33-46(38,24-58-33)62-27(3)50)39(53)37(59-26(2)49)34(25)44(47,4)5/h7-21,31-33,35-38,40,51-52,57H,22-24H2,1-6H3,(H,48,54)/t31?,32-,33+,35-,36+,37+,38-,40-,45+,46-,47+/m0/s1. The molecule has 1 amide bonds. The normalized spacial score (nSPS) is 31.9. The first-order valence-corrected chi connectivity index (χ1v) is 20.5. The van der Waals surface area contributed by atoms with E-state index in [1.807, 2.05) is 0 Å². The zero-order chi connectivity index (χ0) is 44.9. The first kappa shape index (κ1) is 44.3. The minimum Gasteiger partial charge on any atom is -0.456 e. The van der Waals surface area contributed by atoms with Crippen LogP contribution in [0.1, 0.15) is 86.7 Å². The van der Waals surface area contributed by atoms with Gasteiger partial charge in [-0.2, -0.15) is 0 Å². The Balaban J connectivity index is 1.39. The molecular formula is C47H51NO14. The fourth-order valence-electron chi connectivity index (χ4n) is 10.2. The maximum atomic E-state index is 15.5. The van der Waals surface area contributed by atoms with Crippen LogP contribution in [-0.2, 0) is 42.9 Å². The van der Waals surface area contributed by atoms with E-state index in [0.717, 1.165) is 13.8 Å². The molecule has 7 rings (SSSR count). The van der Waals surface area contributed by atoms with Gasteiger partial charge in [0.15, 0.2) is 23.6 Å². The highest BCUT2D eigenvalue weighted by atomic mass is 16.6. The molecule has 3 fully saturated rings. The number of amides is 1. The van der Waals surface area contributed by atoms with Gasteiger partial charge in [0.05, 0.1) is 35.6 Å². The smallest absolute Gasteiger partial charge is 0.338 e. The van der Waals surface area contributed by atoms with Gasteiger partial charge in [0.25, 0.3) is 5.91 Å². The predicted molar refractivity (Wildman–Crippen MR) is 218 cm³/mol. The summed E-state index contributed by atoms with van der Waals surface area (Å²) in [5, 5.41) is 40.2. The first-order chi connectivity index (χ1) is 29.3. The van der Waals surface area contributed by atoms with Crippen LogP contribution in [0.4, 0.5) is 0 Å². The number of aliphatic hydroxyl groups excluding tert-OH is 2. The van der Waals surface area contributed by atoms with E-state index in [9.17, 15) is 39.3 Å². The van der Waals surface area contributed by atoms with Crippen LogP contribution in [-0.4, -0.2) is 105 Å². The quantitative estimate of drug-likeness (QED) is 0.130. The summed E-state index contributed by atoms with van der Waals surface area (Å²) in [5.41, 5.74) is -7.02. The highest BCUT2D eigenvalue weighted by molar-refractivity contribution is 5.96. The fourth-order valence-corrected chi connectivity index (χ4v) is 10.2. The van der Waals surface area contributed by atoms with Crippen LogP contribution < -0.4 is 5.32 Å². The van der Waals surface area contributed by atoms with Crippen LogP contribution in [0.25, 0.3) is 0 Å². The van der Waals surface area contributed by atoms with Crippen molar-refractivity contribution in [2.24, 2.45) is 16.7 Å². The molecule has 328 valence electrons. The fraction of sp³-hybridized carbons (Fsp3) is 0.447. The second kappa shape index (κ2) is 16.5. The number of hydrogen-bond acceptors (Lipinski definition) is 14. The molecule has 0 aromatic heterocycles. The van der Waals surface area contributed by atoms with Crippen LogP contribution in [0, 0.1) is 16.7 Å². The van der Waals surface area contributed by atoms with Crippen molar-refractivity contribution in [2.45, 2.75) is 108 Å². The maximum Gasteiger partial charge on any atom is 0.338 e. The Bertz CT molecular complexity index is 2280. The van der Waals surface area contributed by atoms with Crippen LogP contribution >= 0.6 is 0 Å². The molecule has 1 saturated heterocycles. The summed E-state index contributed by atoms with van der Waals surface area (Å²) in [4.78, 5) is 83.5. The summed E-state index contributed by atoms with van der Waals surface area (Å²) in [7, 11) is 0. The molecule has 1 heterocycles. The van der Waals surface area contributed by atoms with Gasteiger partial charge in [-0.1, -0.05) is 80.6 Å². The van der Waals surface area contributed by atoms with E-state index in [-0.39, 0.29) is 35.3 Å².